The van der Waals surface area contributed by atoms with E-state index in [0.717, 1.165) is 21.4 Å². The summed E-state index contributed by atoms with van der Waals surface area (Å²) < 4.78 is 0. The molecule has 0 aliphatic rings. The van der Waals surface area contributed by atoms with Crippen LogP contribution in [0.25, 0.3) is 0 Å². The highest BCUT2D eigenvalue weighted by Gasteiger charge is 2.24. The van der Waals surface area contributed by atoms with Crippen LogP contribution in [0.5, 0.6) is 0 Å². The largest absolute Gasteiger partial charge is 0.391 e. The van der Waals surface area contributed by atoms with Crippen molar-refractivity contribution < 1.29 is 5.11 Å². The summed E-state index contributed by atoms with van der Waals surface area (Å²) in [6.45, 7) is 10.6. The first-order valence-corrected chi connectivity index (χ1v) is 7.97. The van der Waals surface area contributed by atoms with Crippen LogP contribution in [0.3, 0.4) is 0 Å². The van der Waals surface area contributed by atoms with E-state index in [2.05, 4.69) is 57.7 Å². The number of rotatable bonds is 3. The van der Waals surface area contributed by atoms with Gasteiger partial charge in [-0.2, -0.15) is 0 Å². The van der Waals surface area contributed by atoms with Crippen LogP contribution in [0.15, 0.2) is 18.2 Å². The third kappa shape index (κ3) is 3.27. The Balaban J connectivity index is 2.44. The lowest BCUT2D eigenvalue weighted by Gasteiger charge is -2.19. The molecule has 0 saturated heterocycles. The molecule has 4 heteroatoms. The highest BCUT2D eigenvalue weighted by atomic mass is 32.1. The first-order chi connectivity index (χ1) is 9.74. The first kappa shape index (κ1) is 16.0. The lowest BCUT2D eigenvalue weighted by Crippen LogP contribution is -2.15. The Labute approximate surface area is 131 Å². The third-order valence-electron chi connectivity index (χ3n) is 3.54. The number of nitrogens with zero attached hydrogens (tertiary/aromatic N) is 2. The van der Waals surface area contributed by atoms with Crippen LogP contribution < -0.4 is 4.90 Å². The van der Waals surface area contributed by atoms with E-state index in [1.165, 1.54) is 11.1 Å². The van der Waals surface area contributed by atoms with Crippen molar-refractivity contribution in [3.8, 4) is 0 Å². The zero-order chi connectivity index (χ0) is 15.8. The summed E-state index contributed by atoms with van der Waals surface area (Å²) in [6.07, 6.45) is 0. The number of anilines is 2. The van der Waals surface area contributed by atoms with E-state index < -0.39 is 0 Å². The Hall–Kier alpha value is -1.39. The summed E-state index contributed by atoms with van der Waals surface area (Å²) in [7, 11) is 2.03. The van der Waals surface area contributed by atoms with Crippen molar-refractivity contribution >= 4 is 22.2 Å². The third-order valence-corrected chi connectivity index (χ3v) is 4.66. The Morgan fingerprint density at radius 3 is 2.38 bits per heavy atom. The number of aliphatic hydroxyl groups excluding tert-OH is 1. The fraction of sp³-hybridized carbons (Fsp3) is 0.471. The molecule has 2 aromatic rings. The lowest BCUT2D eigenvalue weighted by atomic mass is 9.91. The second-order valence-corrected chi connectivity index (χ2v) is 7.59. The molecule has 0 radical (unpaired) electrons. The second kappa shape index (κ2) is 5.78. The van der Waals surface area contributed by atoms with Gasteiger partial charge in [-0.25, -0.2) is 4.98 Å². The number of hydrogen-bond acceptors (Lipinski definition) is 4. The smallest absolute Gasteiger partial charge is 0.190 e. The maximum absolute atomic E-state index is 9.59. The van der Waals surface area contributed by atoms with Gasteiger partial charge in [0.2, 0.25) is 0 Å². The summed E-state index contributed by atoms with van der Waals surface area (Å²) in [5, 5.41) is 10.5. The van der Waals surface area contributed by atoms with E-state index in [9.17, 15) is 5.11 Å². The maximum atomic E-state index is 9.59. The quantitative estimate of drug-likeness (QED) is 0.917. The Bertz CT molecular complexity index is 641. The molecule has 114 valence electrons. The number of aliphatic hydroxyl groups is 1. The molecule has 0 amide bonds. The SMILES string of the molecule is Cc1ccc(N(C)c2nc(C(C)(C)C)c(CO)s2)c(C)c1. The molecule has 0 spiro atoms. The molecule has 21 heavy (non-hydrogen) atoms. The van der Waals surface area contributed by atoms with Crippen LogP contribution in [-0.2, 0) is 12.0 Å². The molecule has 1 heterocycles. The van der Waals surface area contributed by atoms with Crippen molar-refractivity contribution in [3.05, 3.63) is 39.9 Å². The van der Waals surface area contributed by atoms with Gasteiger partial charge in [-0.1, -0.05) is 49.8 Å². The van der Waals surface area contributed by atoms with Crippen molar-refractivity contribution in [2.75, 3.05) is 11.9 Å². The summed E-state index contributed by atoms with van der Waals surface area (Å²) in [5.41, 5.74) is 4.57. The van der Waals surface area contributed by atoms with Gasteiger partial charge in [0.05, 0.1) is 17.2 Å². The van der Waals surface area contributed by atoms with Gasteiger partial charge in [-0.05, 0) is 25.5 Å². The topological polar surface area (TPSA) is 36.4 Å². The van der Waals surface area contributed by atoms with E-state index in [-0.39, 0.29) is 12.0 Å². The van der Waals surface area contributed by atoms with Crippen molar-refractivity contribution in [3.63, 3.8) is 0 Å². The highest BCUT2D eigenvalue weighted by Crippen LogP contribution is 2.36. The predicted octanol–water partition coefficient (Wildman–Crippen LogP) is 4.32. The molecule has 2 rings (SSSR count). The Morgan fingerprint density at radius 2 is 1.90 bits per heavy atom. The zero-order valence-corrected chi connectivity index (χ0v) is 14.5. The minimum absolute atomic E-state index is 0.0466. The molecule has 0 saturated carbocycles. The van der Waals surface area contributed by atoms with Gasteiger partial charge in [-0.3, -0.25) is 0 Å². The molecule has 1 N–H and O–H groups in total. The summed E-state index contributed by atoms with van der Waals surface area (Å²) in [6, 6.07) is 6.42. The average Bonchev–Trinajstić information content (AvgIpc) is 2.82. The van der Waals surface area contributed by atoms with Gasteiger partial charge in [0.25, 0.3) is 0 Å². The van der Waals surface area contributed by atoms with Crippen LogP contribution in [0, 0.1) is 13.8 Å². The van der Waals surface area contributed by atoms with Gasteiger partial charge < -0.3 is 10.0 Å². The molecule has 3 nitrogen and oxygen atoms in total. The fourth-order valence-electron chi connectivity index (χ4n) is 2.46. The van der Waals surface area contributed by atoms with Crippen molar-refractivity contribution in [1.82, 2.24) is 4.98 Å². The molecule has 1 aromatic heterocycles. The molecule has 1 aromatic carbocycles. The van der Waals surface area contributed by atoms with Crippen LogP contribution in [0.1, 0.15) is 42.5 Å². The van der Waals surface area contributed by atoms with E-state index in [1.807, 2.05) is 7.05 Å². The minimum Gasteiger partial charge on any atom is -0.391 e. The van der Waals surface area contributed by atoms with Gasteiger partial charge in [0, 0.05) is 18.2 Å². The molecule has 0 aliphatic carbocycles. The van der Waals surface area contributed by atoms with Crippen molar-refractivity contribution in [1.29, 1.82) is 0 Å². The van der Waals surface area contributed by atoms with E-state index in [1.54, 1.807) is 11.3 Å². The molecule has 0 unspecified atom stereocenters. The Kier molecular flexibility index (Phi) is 4.40. The summed E-state index contributed by atoms with van der Waals surface area (Å²) in [4.78, 5) is 7.83. The molecule has 0 aliphatic heterocycles. The summed E-state index contributed by atoms with van der Waals surface area (Å²) >= 11 is 1.57. The predicted molar refractivity (Wildman–Crippen MR) is 90.7 cm³/mol. The van der Waals surface area contributed by atoms with Crippen LogP contribution >= 0.6 is 11.3 Å². The normalized spacial score (nSPS) is 11.8. The maximum Gasteiger partial charge on any atom is 0.190 e. The van der Waals surface area contributed by atoms with E-state index in [4.69, 9.17) is 4.98 Å². The zero-order valence-electron chi connectivity index (χ0n) is 13.7. The summed E-state index contributed by atoms with van der Waals surface area (Å²) in [5.74, 6) is 0. The number of benzene rings is 1. The molecular weight excluding hydrogens is 280 g/mol. The highest BCUT2D eigenvalue weighted by molar-refractivity contribution is 7.15. The standard InChI is InChI=1S/C17H24N2OS/c1-11-7-8-13(12(2)9-11)19(6)16-18-15(17(3,4)5)14(10-20)21-16/h7-9,20H,10H2,1-6H3. The number of aryl methyl sites for hydroxylation is 2. The van der Waals surface area contributed by atoms with Gasteiger partial charge in [-0.15, -0.1) is 0 Å². The minimum atomic E-state index is -0.0595. The van der Waals surface area contributed by atoms with Gasteiger partial charge >= 0.3 is 0 Å². The molecule has 0 fully saturated rings. The van der Waals surface area contributed by atoms with Crippen molar-refractivity contribution in [2.45, 2.75) is 46.6 Å². The van der Waals surface area contributed by atoms with E-state index in [0.29, 0.717) is 0 Å². The lowest BCUT2D eigenvalue weighted by molar-refractivity contribution is 0.282. The molecule has 0 atom stereocenters. The second-order valence-electron chi connectivity index (χ2n) is 6.53. The van der Waals surface area contributed by atoms with Gasteiger partial charge in [0.1, 0.15) is 0 Å². The van der Waals surface area contributed by atoms with Crippen LogP contribution in [-0.4, -0.2) is 17.1 Å². The van der Waals surface area contributed by atoms with Crippen LogP contribution in [0.4, 0.5) is 10.8 Å². The number of thiazole rings is 1. The number of hydrogen-bond donors (Lipinski definition) is 1. The average molecular weight is 304 g/mol. The molecular formula is C17H24N2OS. The monoisotopic (exact) mass is 304 g/mol. The van der Waals surface area contributed by atoms with E-state index >= 15 is 0 Å². The fourth-order valence-corrected chi connectivity index (χ4v) is 3.57. The first-order valence-electron chi connectivity index (χ1n) is 7.16. The Morgan fingerprint density at radius 1 is 1.24 bits per heavy atom. The molecule has 0 bridgehead atoms. The number of aromatic nitrogens is 1. The van der Waals surface area contributed by atoms with Crippen molar-refractivity contribution in [2.24, 2.45) is 0 Å². The van der Waals surface area contributed by atoms with Gasteiger partial charge in [0.15, 0.2) is 5.13 Å². The van der Waals surface area contributed by atoms with Crippen LogP contribution in [0.2, 0.25) is 0 Å².